The van der Waals surface area contributed by atoms with Crippen molar-refractivity contribution >= 4 is 22.5 Å². The van der Waals surface area contributed by atoms with Crippen molar-refractivity contribution in [2.45, 2.75) is 20.8 Å². The summed E-state index contributed by atoms with van der Waals surface area (Å²) in [5.74, 6) is -0.0975. The summed E-state index contributed by atoms with van der Waals surface area (Å²) in [6.45, 7) is 5.51. The Morgan fingerprint density at radius 2 is 1.95 bits per heavy atom. The number of aromatic hydroxyl groups is 1. The smallest absolute Gasteiger partial charge is 0.278 e. The standard InChI is InChI=1S/C15H14ClN3O2/c1-7-4-10-12(6-11(7)16)17-15(21)13(14(10)20)19-9(3)5-8(2)18-19/h4-6H,1-3H3,(H2,17,20,21). The Kier molecular flexibility index (Phi) is 3.02. The first-order chi connectivity index (χ1) is 9.88. The van der Waals surface area contributed by atoms with Crippen LogP contribution in [0.4, 0.5) is 0 Å². The summed E-state index contributed by atoms with van der Waals surface area (Å²) in [5.41, 5.74) is 2.59. The van der Waals surface area contributed by atoms with Crippen LogP contribution in [-0.2, 0) is 0 Å². The number of hydrogen-bond donors (Lipinski definition) is 2. The van der Waals surface area contributed by atoms with E-state index in [-0.39, 0.29) is 11.4 Å². The van der Waals surface area contributed by atoms with E-state index in [1.165, 1.54) is 4.68 Å². The molecule has 6 heteroatoms. The fourth-order valence-corrected chi connectivity index (χ4v) is 2.61. The maximum absolute atomic E-state index is 12.3. The SMILES string of the molecule is Cc1cc(C)n(-c2c(O)c3cc(C)c(Cl)cc3[nH]c2=O)n1. The lowest BCUT2D eigenvalue weighted by Gasteiger charge is -2.10. The Morgan fingerprint density at radius 1 is 1.24 bits per heavy atom. The van der Waals surface area contributed by atoms with Gasteiger partial charge in [-0.2, -0.15) is 5.10 Å². The van der Waals surface area contributed by atoms with E-state index in [1.807, 2.05) is 26.8 Å². The topological polar surface area (TPSA) is 70.9 Å². The van der Waals surface area contributed by atoms with Crippen LogP contribution in [0.2, 0.25) is 5.02 Å². The van der Waals surface area contributed by atoms with Gasteiger partial charge in [-0.05, 0) is 44.5 Å². The van der Waals surface area contributed by atoms with Gasteiger partial charge in [-0.3, -0.25) is 4.79 Å². The summed E-state index contributed by atoms with van der Waals surface area (Å²) in [6.07, 6.45) is 0. The second-order valence-corrected chi connectivity index (χ2v) is 5.54. The first-order valence-electron chi connectivity index (χ1n) is 6.47. The van der Waals surface area contributed by atoms with Crippen LogP contribution in [0.15, 0.2) is 23.0 Å². The summed E-state index contributed by atoms with van der Waals surface area (Å²) in [5, 5.41) is 15.8. The van der Waals surface area contributed by atoms with Crippen molar-refractivity contribution in [3.63, 3.8) is 0 Å². The number of aryl methyl sites for hydroxylation is 3. The molecule has 0 amide bonds. The van der Waals surface area contributed by atoms with Crippen LogP contribution in [0.25, 0.3) is 16.6 Å². The molecule has 0 aliphatic heterocycles. The van der Waals surface area contributed by atoms with E-state index in [1.54, 1.807) is 12.1 Å². The molecule has 0 aliphatic rings. The summed E-state index contributed by atoms with van der Waals surface area (Å²) in [7, 11) is 0. The van der Waals surface area contributed by atoms with Crippen LogP contribution in [0.3, 0.4) is 0 Å². The Labute approximate surface area is 125 Å². The van der Waals surface area contributed by atoms with Crippen molar-refractivity contribution in [1.82, 2.24) is 14.8 Å². The number of H-pyrrole nitrogens is 1. The quantitative estimate of drug-likeness (QED) is 0.726. The third-order valence-electron chi connectivity index (χ3n) is 3.46. The van der Waals surface area contributed by atoms with Crippen LogP contribution < -0.4 is 5.56 Å². The van der Waals surface area contributed by atoms with Crippen molar-refractivity contribution in [3.8, 4) is 11.4 Å². The molecule has 0 radical (unpaired) electrons. The summed E-state index contributed by atoms with van der Waals surface area (Å²) in [6, 6.07) is 5.23. The zero-order valence-electron chi connectivity index (χ0n) is 11.9. The van der Waals surface area contributed by atoms with Gasteiger partial charge >= 0.3 is 0 Å². The summed E-state index contributed by atoms with van der Waals surface area (Å²) >= 11 is 6.06. The van der Waals surface area contributed by atoms with E-state index in [2.05, 4.69) is 10.1 Å². The monoisotopic (exact) mass is 303 g/mol. The summed E-state index contributed by atoms with van der Waals surface area (Å²) in [4.78, 5) is 15.0. The third-order valence-corrected chi connectivity index (χ3v) is 3.87. The lowest BCUT2D eigenvalue weighted by molar-refractivity contribution is 0.474. The number of nitrogens with one attached hydrogen (secondary N) is 1. The lowest BCUT2D eigenvalue weighted by atomic mass is 10.1. The van der Waals surface area contributed by atoms with Gasteiger partial charge in [0.25, 0.3) is 5.56 Å². The number of fused-ring (bicyclic) bond motifs is 1. The van der Waals surface area contributed by atoms with E-state index >= 15 is 0 Å². The molecule has 5 nitrogen and oxygen atoms in total. The molecule has 0 aliphatic carbocycles. The molecule has 3 aromatic rings. The predicted octanol–water partition coefficient (Wildman–Crippen LogP) is 3.00. The number of halogens is 1. The van der Waals surface area contributed by atoms with Crippen molar-refractivity contribution in [2.75, 3.05) is 0 Å². The largest absolute Gasteiger partial charge is 0.505 e. The lowest BCUT2D eigenvalue weighted by Crippen LogP contribution is -2.17. The van der Waals surface area contributed by atoms with E-state index < -0.39 is 5.56 Å². The van der Waals surface area contributed by atoms with Crippen molar-refractivity contribution in [2.24, 2.45) is 0 Å². The van der Waals surface area contributed by atoms with Crippen molar-refractivity contribution < 1.29 is 5.11 Å². The highest BCUT2D eigenvalue weighted by Crippen LogP contribution is 2.31. The average Bonchev–Trinajstić information content (AvgIpc) is 2.71. The van der Waals surface area contributed by atoms with Crippen LogP contribution in [-0.4, -0.2) is 19.9 Å². The number of benzene rings is 1. The highest BCUT2D eigenvalue weighted by Gasteiger charge is 2.17. The maximum atomic E-state index is 12.3. The average molecular weight is 304 g/mol. The Bertz CT molecular complexity index is 925. The minimum Gasteiger partial charge on any atom is -0.505 e. The minimum absolute atomic E-state index is 0.0975. The highest BCUT2D eigenvalue weighted by molar-refractivity contribution is 6.32. The van der Waals surface area contributed by atoms with E-state index in [0.29, 0.717) is 15.9 Å². The molecule has 0 unspecified atom stereocenters. The van der Waals surface area contributed by atoms with E-state index in [9.17, 15) is 9.90 Å². The van der Waals surface area contributed by atoms with Gasteiger partial charge < -0.3 is 10.1 Å². The van der Waals surface area contributed by atoms with E-state index in [4.69, 9.17) is 11.6 Å². The molecule has 0 atom stereocenters. The number of aromatic nitrogens is 3. The fraction of sp³-hybridized carbons (Fsp3) is 0.200. The van der Waals surface area contributed by atoms with Gasteiger partial charge in [0.1, 0.15) is 0 Å². The predicted molar refractivity (Wildman–Crippen MR) is 82.6 cm³/mol. The van der Waals surface area contributed by atoms with Crippen molar-refractivity contribution in [3.05, 3.63) is 50.5 Å². The Hall–Kier alpha value is -2.27. The zero-order chi connectivity index (χ0) is 15.3. The number of aromatic amines is 1. The second-order valence-electron chi connectivity index (χ2n) is 5.14. The number of rotatable bonds is 1. The molecule has 0 bridgehead atoms. The van der Waals surface area contributed by atoms with E-state index in [0.717, 1.165) is 17.0 Å². The Balaban J connectivity index is 2.42. The molecule has 3 rings (SSSR count). The molecular formula is C15H14ClN3O2. The van der Waals surface area contributed by atoms with Gasteiger partial charge in [-0.15, -0.1) is 0 Å². The van der Waals surface area contributed by atoms with Gasteiger partial charge in [0, 0.05) is 16.1 Å². The third kappa shape index (κ3) is 2.10. The van der Waals surface area contributed by atoms with Gasteiger partial charge in [0.2, 0.25) is 0 Å². The highest BCUT2D eigenvalue weighted by atomic mass is 35.5. The molecule has 2 aromatic heterocycles. The molecule has 108 valence electrons. The molecule has 2 N–H and O–H groups in total. The van der Waals surface area contributed by atoms with Crippen LogP contribution >= 0.6 is 11.6 Å². The van der Waals surface area contributed by atoms with Gasteiger partial charge in [-0.25, -0.2) is 4.68 Å². The fourth-order valence-electron chi connectivity index (χ4n) is 2.45. The molecule has 0 saturated heterocycles. The van der Waals surface area contributed by atoms with Crippen LogP contribution in [0.5, 0.6) is 5.75 Å². The number of nitrogens with zero attached hydrogens (tertiary/aromatic N) is 2. The minimum atomic E-state index is -0.411. The molecule has 2 heterocycles. The summed E-state index contributed by atoms with van der Waals surface area (Å²) < 4.78 is 1.45. The van der Waals surface area contributed by atoms with Gasteiger partial charge in [0.05, 0.1) is 11.2 Å². The molecule has 0 spiro atoms. The first-order valence-corrected chi connectivity index (χ1v) is 6.85. The number of pyridine rings is 1. The molecule has 0 fully saturated rings. The molecule has 1 aromatic carbocycles. The maximum Gasteiger partial charge on any atom is 0.278 e. The van der Waals surface area contributed by atoms with Gasteiger partial charge in [-0.1, -0.05) is 11.6 Å². The van der Waals surface area contributed by atoms with Crippen LogP contribution in [0.1, 0.15) is 17.0 Å². The first kappa shape index (κ1) is 13.7. The molecule has 21 heavy (non-hydrogen) atoms. The number of hydrogen-bond acceptors (Lipinski definition) is 3. The normalized spacial score (nSPS) is 11.2. The zero-order valence-corrected chi connectivity index (χ0v) is 12.6. The van der Waals surface area contributed by atoms with Crippen molar-refractivity contribution in [1.29, 1.82) is 0 Å². The van der Waals surface area contributed by atoms with Crippen LogP contribution in [0, 0.1) is 20.8 Å². The molecular weight excluding hydrogens is 290 g/mol. The second kappa shape index (κ2) is 4.63. The van der Waals surface area contributed by atoms with Gasteiger partial charge in [0.15, 0.2) is 11.4 Å². The Morgan fingerprint density at radius 3 is 2.57 bits per heavy atom. The molecule has 0 saturated carbocycles.